The first-order valence-electron chi connectivity index (χ1n) is 8.42. The minimum absolute atomic E-state index is 0.250. The highest BCUT2D eigenvalue weighted by Crippen LogP contribution is 2.52. The van der Waals surface area contributed by atoms with E-state index in [1.165, 1.54) is 6.07 Å². The molecule has 1 fully saturated rings. The molecule has 24 heavy (non-hydrogen) atoms. The third-order valence-corrected chi connectivity index (χ3v) is 5.40. The highest BCUT2D eigenvalue weighted by molar-refractivity contribution is 5.59. The van der Waals surface area contributed by atoms with Gasteiger partial charge in [0, 0.05) is 11.0 Å². The average molecular weight is 328 g/mol. The van der Waals surface area contributed by atoms with Crippen molar-refractivity contribution in [2.45, 2.75) is 51.4 Å². The van der Waals surface area contributed by atoms with Gasteiger partial charge in [0.1, 0.15) is 5.75 Å². The zero-order valence-corrected chi connectivity index (χ0v) is 14.1. The predicted molar refractivity (Wildman–Crippen MR) is 92.9 cm³/mol. The van der Waals surface area contributed by atoms with E-state index in [1.54, 1.807) is 6.07 Å². The monoisotopic (exact) mass is 328 g/mol. The molecule has 4 nitrogen and oxygen atoms in total. The molecule has 0 heterocycles. The SMILES string of the molecule is Cc1cc(C2(c3ccc(O)c(O)c3O)CCCCC2)cc(C)c1O. The second-order valence-corrected chi connectivity index (χ2v) is 6.93. The van der Waals surface area contributed by atoms with Crippen LogP contribution in [0.1, 0.15) is 54.4 Å². The number of phenolic OH excluding ortho intramolecular Hbond substituents is 4. The van der Waals surface area contributed by atoms with Gasteiger partial charge in [-0.1, -0.05) is 37.5 Å². The number of aryl methyl sites for hydroxylation is 2. The summed E-state index contributed by atoms with van der Waals surface area (Å²) in [6.07, 6.45) is 4.91. The Hall–Kier alpha value is -2.36. The van der Waals surface area contributed by atoms with Crippen LogP contribution in [0.25, 0.3) is 0 Å². The molecule has 0 aromatic heterocycles. The van der Waals surface area contributed by atoms with Crippen molar-refractivity contribution in [2.75, 3.05) is 0 Å². The minimum Gasteiger partial charge on any atom is -0.507 e. The van der Waals surface area contributed by atoms with Crippen LogP contribution >= 0.6 is 0 Å². The summed E-state index contributed by atoms with van der Waals surface area (Å²) in [6, 6.07) is 7.07. The summed E-state index contributed by atoms with van der Waals surface area (Å²) in [4.78, 5) is 0. The van der Waals surface area contributed by atoms with Gasteiger partial charge < -0.3 is 20.4 Å². The van der Waals surface area contributed by atoms with Crippen molar-refractivity contribution >= 4 is 0 Å². The molecule has 2 aromatic rings. The Kier molecular flexibility index (Phi) is 4.08. The van der Waals surface area contributed by atoms with Gasteiger partial charge in [0.2, 0.25) is 5.75 Å². The largest absolute Gasteiger partial charge is 0.507 e. The van der Waals surface area contributed by atoms with Crippen molar-refractivity contribution in [1.82, 2.24) is 0 Å². The van der Waals surface area contributed by atoms with Crippen LogP contribution in [-0.4, -0.2) is 20.4 Å². The van der Waals surface area contributed by atoms with Gasteiger partial charge in [0.05, 0.1) is 0 Å². The molecule has 0 bridgehead atoms. The molecule has 0 saturated heterocycles. The quantitative estimate of drug-likeness (QED) is 0.617. The lowest BCUT2D eigenvalue weighted by atomic mass is 9.64. The molecule has 0 aliphatic heterocycles. The molecule has 3 rings (SSSR count). The third kappa shape index (κ3) is 2.46. The molecule has 128 valence electrons. The first kappa shape index (κ1) is 16.5. The Labute approximate surface area is 142 Å². The molecular weight excluding hydrogens is 304 g/mol. The van der Waals surface area contributed by atoms with Crippen molar-refractivity contribution in [3.8, 4) is 23.0 Å². The summed E-state index contributed by atoms with van der Waals surface area (Å²) in [5, 5.41) is 40.2. The molecule has 4 N–H and O–H groups in total. The molecule has 1 aliphatic rings. The van der Waals surface area contributed by atoms with E-state index in [1.807, 2.05) is 26.0 Å². The lowest BCUT2D eigenvalue weighted by Gasteiger charge is -2.39. The third-order valence-electron chi connectivity index (χ3n) is 5.40. The molecule has 4 heteroatoms. The summed E-state index contributed by atoms with van der Waals surface area (Å²) in [5.74, 6) is -0.743. The van der Waals surface area contributed by atoms with E-state index >= 15 is 0 Å². The second kappa shape index (κ2) is 5.93. The van der Waals surface area contributed by atoms with E-state index in [0.29, 0.717) is 11.3 Å². The highest BCUT2D eigenvalue weighted by Gasteiger charge is 2.39. The summed E-state index contributed by atoms with van der Waals surface area (Å²) < 4.78 is 0. The fourth-order valence-corrected chi connectivity index (χ4v) is 4.06. The fraction of sp³-hybridized carbons (Fsp3) is 0.400. The maximum atomic E-state index is 10.5. The van der Waals surface area contributed by atoms with E-state index in [9.17, 15) is 20.4 Å². The van der Waals surface area contributed by atoms with E-state index in [0.717, 1.165) is 48.8 Å². The van der Waals surface area contributed by atoms with Crippen LogP contribution in [0.5, 0.6) is 23.0 Å². The highest BCUT2D eigenvalue weighted by atomic mass is 16.3. The van der Waals surface area contributed by atoms with Gasteiger partial charge in [-0.3, -0.25) is 0 Å². The minimum atomic E-state index is -0.468. The number of benzene rings is 2. The van der Waals surface area contributed by atoms with Crippen LogP contribution < -0.4 is 0 Å². The van der Waals surface area contributed by atoms with Crippen molar-refractivity contribution in [2.24, 2.45) is 0 Å². The van der Waals surface area contributed by atoms with Crippen molar-refractivity contribution < 1.29 is 20.4 Å². The average Bonchev–Trinajstić information content (AvgIpc) is 2.58. The molecule has 0 radical (unpaired) electrons. The zero-order chi connectivity index (χ0) is 17.5. The molecular formula is C20H24O4. The Morgan fingerprint density at radius 2 is 1.33 bits per heavy atom. The Morgan fingerprint density at radius 3 is 1.92 bits per heavy atom. The molecule has 0 unspecified atom stereocenters. The Morgan fingerprint density at radius 1 is 0.750 bits per heavy atom. The summed E-state index contributed by atoms with van der Waals surface area (Å²) in [6.45, 7) is 3.74. The first-order valence-corrected chi connectivity index (χ1v) is 8.42. The second-order valence-electron chi connectivity index (χ2n) is 6.93. The van der Waals surface area contributed by atoms with E-state index in [-0.39, 0.29) is 11.5 Å². The molecule has 2 aromatic carbocycles. The fourth-order valence-electron chi connectivity index (χ4n) is 4.06. The summed E-state index contributed by atoms with van der Waals surface area (Å²) >= 11 is 0. The maximum Gasteiger partial charge on any atom is 0.200 e. The first-order chi connectivity index (χ1) is 11.4. The number of hydrogen-bond donors (Lipinski definition) is 4. The van der Waals surface area contributed by atoms with Crippen LogP contribution in [-0.2, 0) is 5.41 Å². The van der Waals surface area contributed by atoms with Gasteiger partial charge in [-0.25, -0.2) is 0 Å². The molecule has 1 aliphatic carbocycles. The molecule has 1 saturated carbocycles. The van der Waals surface area contributed by atoms with E-state index in [4.69, 9.17) is 0 Å². The number of rotatable bonds is 2. The molecule has 0 atom stereocenters. The number of hydrogen-bond acceptors (Lipinski definition) is 4. The Balaban J connectivity index is 2.25. The van der Waals surface area contributed by atoms with Crippen LogP contribution in [0, 0.1) is 13.8 Å². The van der Waals surface area contributed by atoms with Crippen molar-refractivity contribution in [3.63, 3.8) is 0 Å². The molecule has 0 spiro atoms. The van der Waals surface area contributed by atoms with Gasteiger partial charge >= 0.3 is 0 Å². The zero-order valence-electron chi connectivity index (χ0n) is 14.1. The van der Waals surface area contributed by atoms with Crippen LogP contribution in [0.2, 0.25) is 0 Å². The lowest BCUT2D eigenvalue weighted by Crippen LogP contribution is -2.30. The van der Waals surface area contributed by atoms with Crippen molar-refractivity contribution in [1.29, 1.82) is 0 Å². The van der Waals surface area contributed by atoms with E-state index in [2.05, 4.69) is 0 Å². The standard InChI is InChI=1S/C20H24O4/c1-12-10-14(11-13(2)17(12)22)20(8-4-3-5-9-20)15-6-7-16(21)19(24)18(15)23/h6-7,10-11,21-24H,3-5,8-9H2,1-2H3. The normalized spacial score (nSPS) is 16.9. The van der Waals surface area contributed by atoms with Gasteiger partial charge in [0.25, 0.3) is 0 Å². The predicted octanol–water partition coefficient (Wildman–Crippen LogP) is 4.38. The Bertz CT molecular complexity index is 750. The van der Waals surface area contributed by atoms with Gasteiger partial charge in [-0.05, 0) is 49.4 Å². The molecule has 0 amide bonds. The van der Waals surface area contributed by atoms with Crippen molar-refractivity contribution in [3.05, 3.63) is 46.5 Å². The topological polar surface area (TPSA) is 80.9 Å². The number of phenols is 4. The van der Waals surface area contributed by atoms with Crippen LogP contribution in [0.4, 0.5) is 0 Å². The van der Waals surface area contributed by atoms with E-state index < -0.39 is 11.2 Å². The van der Waals surface area contributed by atoms with Gasteiger partial charge in [-0.15, -0.1) is 0 Å². The summed E-state index contributed by atoms with van der Waals surface area (Å²) in [5.41, 5.74) is 2.86. The van der Waals surface area contributed by atoms with Crippen LogP contribution in [0.15, 0.2) is 24.3 Å². The van der Waals surface area contributed by atoms with Gasteiger partial charge in [0.15, 0.2) is 11.5 Å². The summed E-state index contributed by atoms with van der Waals surface area (Å²) in [7, 11) is 0. The van der Waals surface area contributed by atoms with Gasteiger partial charge in [-0.2, -0.15) is 0 Å². The smallest absolute Gasteiger partial charge is 0.200 e. The lowest BCUT2D eigenvalue weighted by molar-refractivity contribution is 0.318. The maximum absolute atomic E-state index is 10.5. The number of aromatic hydroxyl groups is 4. The van der Waals surface area contributed by atoms with Crippen LogP contribution in [0.3, 0.4) is 0 Å².